The standard InChI is InChI=1S/C16H18N2O3/c1-3-15-17-7-12(21-15)8-18-16(19)11-4-5-14-13(6-11)10(2)9-20-14/h4-7,10H,3,8-9H2,1-2H3,(H,18,19). The summed E-state index contributed by atoms with van der Waals surface area (Å²) in [5.41, 5.74) is 1.73. The van der Waals surface area contributed by atoms with Crippen LogP contribution in [0.3, 0.4) is 0 Å². The quantitative estimate of drug-likeness (QED) is 0.938. The molecular weight excluding hydrogens is 268 g/mol. The number of benzene rings is 1. The molecule has 21 heavy (non-hydrogen) atoms. The summed E-state index contributed by atoms with van der Waals surface area (Å²) in [5, 5.41) is 2.85. The lowest BCUT2D eigenvalue weighted by Gasteiger charge is -2.06. The summed E-state index contributed by atoms with van der Waals surface area (Å²) in [7, 11) is 0. The molecule has 1 aromatic carbocycles. The number of rotatable bonds is 4. The molecule has 0 radical (unpaired) electrons. The Bertz CT molecular complexity index is 663. The Hall–Kier alpha value is -2.30. The van der Waals surface area contributed by atoms with Gasteiger partial charge in [0.05, 0.1) is 19.3 Å². The third kappa shape index (κ3) is 2.77. The lowest BCUT2D eigenvalue weighted by atomic mass is 10.0. The summed E-state index contributed by atoms with van der Waals surface area (Å²) >= 11 is 0. The molecule has 110 valence electrons. The second kappa shape index (κ2) is 5.60. The molecule has 0 aliphatic carbocycles. The molecule has 1 amide bonds. The van der Waals surface area contributed by atoms with Gasteiger partial charge in [0.1, 0.15) is 11.5 Å². The number of nitrogens with zero attached hydrogens (tertiary/aromatic N) is 1. The molecule has 0 fully saturated rings. The van der Waals surface area contributed by atoms with E-state index in [0.717, 1.165) is 17.7 Å². The molecule has 1 atom stereocenters. The van der Waals surface area contributed by atoms with Crippen LogP contribution in [0.15, 0.2) is 28.8 Å². The smallest absolute Gasteiger partial charge is 0.251 e. The normalized spacial score (nSPS) is 16.4. The van der Waals surface area contributed by atoms with Crippen LogP contribution in [0.1, 0.15) is 47.3 Å². The molecule has 5 heteroatoms. The molecule has 1 N–H and O–H groups in total. The SMILES string of the molecule is CCc1ncc(CNC(=O)c2ccc3c(c2)C(C)CO3)o1. The molecule has 0 bridgehead atoms. The van der Waals surface area contributed by atoms with Crippen molar-refractivity contribution in [2.45, 2.75) is 32.7 Å². The number of carbonyl (C=O) groups is 1. The van der Waals surface area contributed by atoms with Gasteiger partial charge in [-0.3, -0.25) is 4.79 Å². The van der Waals surface area contributed by atoms with Gasteiger partial charge in [0, 0.05) is 23.5 Å². The van der Waals surface area contributed by atoms with E-state index in [1.165, 1.54) is 0 Å². The maximum atomic E-state index is 12.2. The highest BCUT2D eigenvalue weighted by atomic mass is 16.5. The van der Waals surface area contributed by atoms with Crippen LogP contribution < -0.4 is 10.1 Å². The maximum Gasteiger partial charge on any atom is 0.251 e. The average molecular weight is 286 g/mol. The van der Waals surface area contributed by atoms with Crippen molar-refractivity contribution in [3.8, 4) is 5.75 Å². The fourth-order valence-corrected chi connectivity index (χ4v) is 2.37. The van der Waals surface area contributed by atoms with E-state index in [1.807, 2.05) is 19.1 Å². The monoisotopic (exact) mass is 286 g/mol. The molecule has 1 aliphatic rings. The van der Waals surface area contributed by atoms with E-state index in [2.05, 4.69) is 17.2 Å². The minimum absolute atomic E-state index is 0.119. The Kier molecular flexibility index (Phi) is 3.64. The first-order valence-corrected chi connectivity index (χ1v) is 7.16. The molecule has 0 saturated carbocycles. The zero-order valence-corrected chi connectivity index (χ0v) is 12.2. The summed E-state index contributed by atoms with van der Waals surface area (Å²) in [6.07, 6.45) is 2.40. The number of carbonyl (C=O) groups excluding carboxylic acids is 1. The fraction of sp³-hybridized carbons (Fsp3) is 0.375. The Morgan fingerprint density at radius 1 is 1.48 bits per heavy atom. The van der Waals surface area contributed by atoms with Crippen molar-refractivity contribution in [1.29, 1.82) is 0 Å². The topological polar surface area (TPSA) is 64.4 Å². The van der Waals surface area contributed by atoms with Gasteiger partial charge in [-0.25, -0.2) is 4.98 Å². The highest BCUT2D eigenvalue weighted by Gasteiger charge is 2.21. The second-order valence-electron chi connectivity index (χ2n) is 5.22. The van der Waals surface area contributed by atoms with E-state index in [4.69, 9.17) is 9.15 Å². The molecule has 0 saturated heterocycles. The van der Waals surface area contributed by atoms with Gasteiger partial charge in [-0.2, -0.15) is 0 Å². The van der Waals surface area contributed by atoms with Crippen LogP contribution in [0.25, 0.3) is 0 Å². The Labute approximate surface area is 123 Å². The molecule has 2 aromatic rings. The van der Waals surface area contributed by atoms with Gasteiger partial charge < -0.3 is 14.5 Å². The first kappa shape index (κ1) is 13.7. The number of nitrogens with one attached hydrogen (secondary N) is 1. The van der Waals surface area contributed by atoms with Crippen molar-refractivity contribution >= 4 is 5.91 Å². The van der Waals surface area contributed by atoms with Gasteiger partial charge in [-0.05, 0) is 18.2 Å². The van der Waals surface area contributed by atoms with Gasteiger partial charge in [-0.1, -0.05) is 13.8 Å². The summed E-state index contributed by atoms with van der Waals surface area (Å²) in [6.45, 7) is 5.09. The second-order valence-corrected chi connectivity index (χ2v) is 5.22. The number of aromatic nitrogens is 1. The van der Waals surface area contributed by atoms with E-state index in [0.29, 0.717) is 36.3 Å². The first-order valence-electron chi connectivity index (χ1n) is 7.16. The van der Waals surface area contributed by atoms with Gasteiger partial charge in [-0.15, -0.1) is 0 Å². The highest BCUT2D eigenvalue weighted by Crippen LogP contribution is 2.33. The van der Waals surface area contributed by atoms with Crippen LogP contribution >= 0.6 is 0 Å². The lowest BCUT2D eigenvalue weighted by molar-refractivity contribution is 0.0947. The van der Waals surface area contributed by atoms with Crippen molar-refractivity contribution in [3.63, 3.8) is 0 Å². The third-order valence-electron chi connectivity index (χ3n) is 3.62. The number of fused-ring (bicyclic) bond motifs is 1. The summed E-state index contributed by atoms with van der Waals surface area (Å²) in [5.74, 6) is 2.43. The molecular formula is C16H18N2O3. The minimum atomic E-state index is -0.119. The van der Waals surface area contributed by atoms with Crippen LogP contribution in [-0.4, -0.2) is 17.5 Å². The van der Waals surface area contributed by atoms with E-state index >= 15 is 0 Å². The molecule has 5 nitrogen and oxygen atoms in total. The number of ether oxygens (including phenoxy) is 1. The number of hydrogen-bond donors (Lipinski definition) is 1. The molecule has 2 heterocycles. The Morgan fingerprint density at radius 3 is 3.10 bits per heavy atom. The zero-order chi connectivity index (χ0) is 14.8. The Morgan fingerprint density at radius 2 is 2.33 bits per heavy atom. The first-order chi connectivity index (χ1) is 10.2. The largest absolute Gasteiger partial charge is 0.493 e. The molecule has 1 aromatic heterocycles. The van der Waals surface area contributed by atoms with E-state index < -0.39 is 0 Å². The van der Waals surface area contributed by atoms with Crippen molar-refractivity contribution in [1.82, 2.24) is 10.3 Å². The van der Waals surface area contributed by atoms with E-state index in [9.17, 15) is 4.79 Å². The Balaban J connectivity index is 1.67. The third-order valence-corrected chi connectivity index (χ3v) is 3.62. The predicted octanol–water partition coefficient (Wildman–Crippen LogP) is 2.66. The van der Waals surface area contributed by atoms with Crippen molar-refractivity contribution < 1.29 is 13.9 Å². The maximum absolute atomic E-state index is 12.2. The van der Waals surface area contributed by atoms with Gasteiger partial charge in [0.2, 0.25) is 0 Å². The summed E-state index contributed by atoms with van der Waals surface area (Å²) in [4.78, 5) is 16.3. The minimum Gasteiger partial charge on any atom is -0.493 e. The van der Waals surface area contributed by atoms with Crippen molar-refractivity contribution in [2.75, 3.05) is 6.61 Å². The molecule has 1 aliphatic heterocycles. The fourth-order valence-electron chi connectivity index (χ4n) is 2.37. The van der Waals surface area contributed by atoms with Crippen LogP contribution in [0, 0.1) is 0 Å². The van der Waals surface area contributed by atoms with Crippen LogP contribution in [-0.2, 0) is 13.0 Å². The van der Waals surface area contributed by atoms with Gasteiger partial charge in [0.15, 0.2) is 5.89 Å². The molecule has 3 rings (SSSR count). The van der Waals surface area contributed by atoms with Crippen molar-refractivity contribution in [2.24, 2.45) is 0 Å². The number of oxazole rings is 1. The zero-order valence-electron chi connectivity index (χ0n) is 12.2. The van der Waals surface area contributed by atoms with Crippen LogP contribution in [0.4, 0.5) is 0 Å². The van der Waals surface area contributed by atoms with E-state index in [-0.39, 0.29) is 5.91 Å². The summed E-state index contributed by atoms with van der Waals surface area (Å²) in [6, 6.07) is 5.54. The van der Waals surface area contributed by atoms with Gasteiger partial charge in [0.25, 0.3) is 5.91 Å². The number of amides is 1. The predicted molar refractivity (Wildman–Crippen MR) is 77.4 cm³/mol. The van der Waals surface area contributed by atoms with E-state index in [1.54, 1.807) is 12.3 Å². The van der Waals surface area contributed by atoms with Crippen LogP contribution in [0.2, 0.25) is 0 Å². The average Bonchev–Trinajstić information content (AvgIpc) is 3.11. The lowest BCUT2D eigenvalue weighted by Crippen LogP contribution is -2.22. The molecule has 1 unspecified atom stereocenters. The number of aryl methyl sites for hydroxylation is 1. The van der Waals surface area contributed by atoms with Crippen LogP contribution in [0.5, 0.6) is 5.75 Å². The number of hydrogen-bond acceptors (Lipinski definition) is 4. The highest BCUT2D eigenvalue weighted by molar-refractivity contribution is 5.94. The molecule has 0 spiro atoms. The summed E-state index contributed by atoms with van der Waals surface area (Å²) < 4.78 is 11.0. The van der Waals surface area contributed by atoms with Crippen molar-refractivity contribution in [3.05, 3.63) is 47.2 Å². The van der Waals surface area contributed by atoms with Gasteiger partial charge >= 0.3 is 0 Å².